The van der Waals surface area contributed by atoms with Crippen molar-refractivity contribution in [3.63, 3.8) is 0 Å². The Morgan fingerprint density at radius 1 is 1.35 bits per heavy atom. The van der Waals surface area contributed by atoms with Crippen LogP contribution in [0.1, 0.15) is 25.8 Å². The van der Waals surface area contributed by atoms with Crippen LogP contribution in [0.2, 0.25) is 0 Å². The van der Waals surface area contributed by atoms with E-state index in [4.69, 9.17) is 4.74 Å². The van der Waals surface area contributed by atoms with Crippen molar-refractivity contribution in [3.8, 4) is 5.75 Å². The molecule has 1 rings (SSSR count). The summed E-state index contributed by atoms with van der Waals surface area (Å²) in [5.74, 6) is 0.143. The summed E-state index contributed by atoms with van der Waals surface area (Å²) in [6.45, 7) is 6.08. The van der Waals surface area contributed by atoms with Crippen LogP contribution in [-0.4, -0.2) is 31.0 Å². The average Bonchev–Trinajstić information content (AvgIpc) is 2.42. The number of amides is 2. The van der Waals surface area contributed by atoms with Crippen molar-refractivity contribution in [2.45, 2.75) is 33.2 Å². The van der Waals surface area contributed by atoms with E-state index in [0.717, 1.165) is 12.0 Å². The summed E-state index contributed by atoms with van der Waals surface area (Å²) in [6, 6.07) is 6.90. The molecule has 110 valence electrons. The van der Waals surface area contributed by atoms with Crippen molar-refractivity contribution in [1.82, 2.24) is 10.6 Å². The van der Waals surface area contributed by atoms with Crippen LogP contribution in [0.15, 0.2) is 24.3 Å². The zero-order chi connectivity index (χ0) is 15.0. The molecule has 0 radical (unpaired) electrons. The normalized spacial score (nSPS) is 11.6. The Bertz CT molecular complexity index is 460. The quantitative estimate of drug-likeness (QED) is 0.792. The van der Waals surface area contributed by atoms with Gasteiger partial charge in [-0.15, -0.1) is 0 Å². The fourth-order valence-electron chi connectivity index (χ4n) is 1.60. The van der Waals surface area contributed by atoms with Gasteiger partial charge in [-0.3, -0.25) is 9.59 Å². The summed E-state index contributed by atoms with van der Waals surface area (Å²) in [5, 5.41) is 5.32. The number of hydrogen-bond donors (Lipinski definition) is 2. The standard InChI is InChI=1S/C15H22N2O3/c1-4-8-16-15(19)12(3)17-14(18)10-20-13-7-5-6-11(2)9-13/h5-7,9,12H,4,8,10H2,1-3H3,(H,16,19)(H,17,18)/t12-/m0/s1. The van der Waals surface area contributed by atoms with E-state index in [0.29, 0.717) is 12.3 Å². The second-order valence-electron chi connectivity index (χ2n) is 4.69. The van der Waals surface area contributed by atoms with Crippen molar-refractivity contribution in [1.29, 1.82) is 0 Å². The van der Waals surface area contributed by atoms with Gasteiger partial charge >= 0.3 is 0 Å². The van der Waals surface area contributed by atoms with E-state index in [9.17, 15) is 9.59 Å². The van der Waals surface area contributed by atoms with Crippen LogP contribution in [0.25, 0.3) is 0 Å². The molecule has 0 unspecified atom stereocenters. The molecule has 0 bridgehead atoms. The van der Waals surface area contributed by atoms with Crippen LogP contribution in [0.3, 0.4) is 0 Å². The van der Waals surface area contributed by atoms with Gasteiger partial charge in [-0.1, -0.05) is 19.1 Å². The highest BCUT2D eigenvalue weighted by Gasteiger charge is 2.14. The van der Waals surface area contributed by atoms with Crippen molar-refractivity contribution >= 4 is 11.8 Å². The number of carbonyl (C=O) groups excluding carboxylic acids is 2. The zero-order valence-electron chi connectivity index (χ0n) is 12.2. The summed E-state index contributed by atoms with van der Waals surface area (Å²) in [6.07, 6.45) is 0.864. The van der Waals surface area contributed by atoms with Gasteiger partial charge < -0.3 is 15.4 Å². The molecular formula is C15H22N2O3. The van der Waals surface area contributed by atoms with Crippen molar-refractivity contribution in [3.05, 3.63) is 29.8 Å². The largest absolute Gasteiger partial charge is 0.484 e. The number of carbonyl (C=O) groups is 2. The number of aryl methyl sites for hydroxylation is 1. The molecule has 0 aliphatic carbocycles. The molecule has 0 heterocycles. The smallest absolute Gasteiger partial charge is 0.258 e. The fourth-order valence-corrected chi connectivity index (χ4v) is 1.60. The second-order valence-corrected chi connectivity index (χ2v) is 4.69. The summed E-state index contributed by atoms with van der Waals surface area (Å²) in [5.41, 5.74) is 1.07. The van der Waals surface area contributed by atoms with Gasteiger partial charge in [-0.05, 0) is 38.0 Å². The van der Waals surface area contributed by atoms with Crippen molar-refractivity contribution in [2.75, 3.05) is 13.2 Å². The maximum absolute atomic E-state index is 11.7. The Balaban J connectivity index is 2.34. The number of rotatable bonds is 7. The lowest BCUT2D eigenvalue weighted by molar-refractivity contribution is -0.129. The van der Waals surface area contributed by atoms with Crippen LogP contribution < -0.4 is 15.4 Å². The minimum Gasteiger partial charge on any atom is -0.484 e. The molecule has 2 N–H and O–H groups in total. The van der Waals surface area contributed by atoms with E-state index in [1.807, 2.05) is 32.0 Å². The third-order valence-corrected chi connectivity index (χ3v) is 2.68. The molecule has 0 fully saturated rings. The lowest BCUT2D eigenvalue weighted by Crippen LogP contribution is -2.46. The molecule has 0 aromatic heterocycles. The first-order chi connectivity index (χ1) is 9.52. The lowest BCUT2D eigenvalue weighted by atomic mass is 10.2. The molecule has 1 aromatic carbocycles. The predicted octanol–water partition coefficient (Wildman–Crippen LogP) is 1.40. The lowest BCUT2D eigenvalue weighted by Gasteiger charge is -2.14. The number of benzene rings is 1. The summed E-state index contributed by atoms with van der Waals surface area (Å²) >= 11 is 0. The molecular weight excluding hydrogens is 256 g/mol. The molecule has 0 saturated carbocycles. The maximum Gasteiger partial charge on any atom is 0.258 e. The molecule has 1 aromatic rings. The highest BCUT2D eigenvalue weighted by molar-refractivity contribution is 5.87. The fraction of sp³-hybridized carbons (Fsp3) is 0.467. The molecule has 5 nitrogen and oxygen atoms in total. The summed E-state index contributed by atoms with van der Waals surface area (Å²) in [4.78, 5) is 23.3. The Labute approximate surface area is 119 Å². The summed E-state index contributed by atoms with van der Waals surface area (Å²) in [7, 11) is 0. The van der Waals surface area contributed by atoms with Gasteiger partial charge in [0, 0.05) is 6.54 Å². The van der Waals surface area contributed by atoms with Crippen LogP contribution in [-0.2, 0) is 9.59 Å². The second kappa shape index (κ2) is 8.19. The van der Waals surface area contributed by atoms with Crippen molar-refractivity contribution < 1.29 is 14.3 Å². The number of hydrogen-bond acceptors (Lipinski definition) is 3. The van der Waals surface area contributed by atoms with Gasteiger partial charge in [0.2, 0.25) is 5.91 Å². The molecule has 20 heavy (non-hydrogen) atoms. The van der Waals surface area contributed by atoms with E-state index < -0.39 is 6.04 Å². The third-order valence-electron chi connectivity index (χ3n) is 2.68. The molecule has 0 saturated heterocycles. The Morgan fingerprint density at radius 2 is 2.10 bits per heavy atom. The van der Waals surface area contributed by atoms with E-state index in [2.05, 4.69) is 10.6 Å². The van der Waals surface area contributed by atoms with Crippen LogP contribution >= 0.6 is 0 Å². The van der Waals surface area contributed by atoms with Gasteiger partial charge in [-0.25, -0.2) is 0 Å². The molecule has 0 aliphatic rings. The molecule has 1 atom stereocenters. The van der Waals surface area contributed by atoms with Gasteiger partial charge in [0.25, 0.3) is 5.91 Å². The molecule has 5 heteroatoms. The van der Waals surface area contributed by atoms with E-state index in [1.165, 1.54) is 0 Å². The first-order valence-corrected chi connectivity index (χ1v) is 6.79. The Morgan fingerprint density at radius 3 is 2.75 bits per heavy atom. The highest BCUT2D eigenvalue weighted by atomic mass is 16.5. The van der Waals surface area contributed by atoms with Crippen molar-refractivity contribution in [2.24, 2.45) is 0 Å². The number of ether oxygens (including phenoxy) is 1. The predicted molar refractivity (Wildman–Crippen MR) is 77.6 cm³/mol. The third kappa shape index (κ3) is 5.73. The monoisotopic (exact) mass is 278 g/mol. The number of nitrogens with one attached hydrogen (secondary N) is 2. The van der Waals surface area contributed by atoms with E-state index in [1.54, 1.807) is 13.0 Å². The molecule has 2 amide bonds. The minimum absolute atomic E-state index is 0.102. The molecule has 0 spiro atoms. The Kier molecular flexibility index (Phi) is 6.56. The highest BCUT2D eigenvalue weighted by Crippen LogP contribution is 2.11. The average molecular weight is 278 g/mol. The summed E-state index contributed by atoms with van der Waals surface area (Å²) < 4.78 is 5.37. The van der Waals surface area contributed by atoms with Crippen LogP contribution in [0.4, 0.5) is 0 Å². The van der Waals surface area contributed by atoms with E-state index in [-0.39, 0.29) is 18.4 Å². The Hall–Kier alpha value is -2.04. The minimum atomic E-state index is -0.560. The van der Waals surface area contributed by atoms with Gasteiger partial charge in [0.05, 0.1) is 0 Å². The zero-order valence-corrected chi connectivity index (χ0v) is 12.2. The van der Waals surface area contributed by atoms with Gasteiger partial charge in [0.15, 0.2) is 6.61 Å². The molecule has 0 aliphatic heterocycles. The topological polar surface area (TPSA) is 67.4 Å². The first-order valence-electron chi connectivity index (χ1n) is 6.79. The first kappa shape index (κ1) is 16.0. The van der Waals surface area contributed by atoms with E-state index >= 15 is 0 Å². The maximum atomic E-state index is 11.7. The van der Waals surface area contributed by atoms with Gasteiger partial charge in [0.1, 0.15) is 11.8 Å². The van der Waals surface area contributed by atoms with Crippen LogP contribution in [0, 0.1) is 6.92 Å². The SMILES string of the molecule is CCCNC(=O)[C@H](C)NC(=O)COc1cccc(C)c1. The van der Waals surface area contributed by atoms with Gasteiger partial charge in [-0.2, -0.15) is 0 Å². The van der Waals surface area contributed by atoms with Crippen LogP contribution in [0.5, 0.6) is 5.75 Å².